The molecular formula is C6H4Cl2F2OS. The van der Waals surface area contributed by atoms with Crippen LogP contribution in [0.3, 0.4) is 0 Å². The van der Waals surface area contributed by atoms with Crippen molar-refractivity contribution in [1.29, 1.82) is 0 Å². The van der Waals surface area contributed by atoms with Gasteiger partial charge in [0.1, 0.15) is 0 Å². The summed E-state index contributed by atoms with van der Waals surface area (Å²) in [6.45, 7) is 0. The average molecular weight is 233 g/mol. The number of halogens is 4. The molecule has 0 saturated heterocycles. The second-order valence-corrected chi connectivity index (χ2v) is 4.12. The van der Waals surface area contributed by atoms with Gasteiger partial charge in [0.25, 0.3) is 0 Å². The molecule has 0 radical (unpaired) electrons. The Morgan fingerprint density at radius 1 is 1.58 bits per heavy atom. The van der Waals surface area contributed by atoms with Gasteiger partial charge in [-0.05, 0) is 23.0 Å². The summed E-state index contributed by atoms with van der Waals surface area (Å²) < 4.78 is 24.8. The van der Waals surface area contributed by atoms with Gasteiger partial charge >= 0.3 is 5.38 Å². The SMILES string of the molecule is OC(c1ccsc1Cl)C(F)(F)Cl. The zero-order valence-corrected chi connectivity index (χ0v) is 7.93. The first kappa shape index (κ1) is 10.2. The van der Waals surface area contributed by atoms with Crippen molar-refractivity contribution in [3.05, 3.63) is 21.3 Å². The topological polar surface area (TPSA) is 20.2 Å². The molecule has 0 amide bonds. The van der Waals surface area contributed by atoms with Gasteiger partial charge in [-0.1, -0.05) is 11.6 Å². The van der Waals surface area contributed by atoms with E-state index in [1.807, 2.05) is 0 Å². The van der Waals surface area contributed by atoms with Crippen molar-refractivity contribution < 1.29 is 13.9 Å². The molecule has 0 aliphatic heterocycles. The first-order valence-electron chi connectivity index (χ1n) is 2.90. The molecule has 0 aliphatic carbocycles. The van der Waals surface area contributed by atoms with E-state index in [1.54, 1.807) is 0 Å². The van der Waals surface area contributed by atoms with Crippen molar-refractivity contribution >= 4 is 34.5 Å². The Bertz CT molecular complexity index is 271. The molecule has 1 N–H and O–H groups in total. The molecule has 6 heteroatoms. The summed E-state index contributed by atoms with van der Waals surface area (Å²) in [6, 6.07) is 1.31. The monoisotopic (exact) mass is 232 g/mol. The van der Waals surface area contributed by atoms with Crippen molar-refractivity contribution in [3.63, 3.8) is 0 Å². The van der Waals surface area contributed by atoms with Crippen molar-refractivity contribution in [1.82, 2.24) is 0 Å². The van der Waals surface area contributed by atoms with Gasteiger partial charge in [0.05, 0.1) is 4.34 Å². The lowest BCUT2D eigenvalue weighted by Gasteiger charge is -2.14. The minimum Gasteiger partial charge on any atom is -0.381 e. The fourth-order valence-corrected chi connectivity index (χ4v) is 1.76. The van der Waals surface area contributed by atoms with Crippen molar-refractivity contribution in [2.75, 3.05) is 0 Å². The number of hydrogen-bond acceptors (Lipinski definition) is 2. The summed E-state index contributed by atoms with van der Waals surface area (Å²) in [5.74, 6) is 0. The van der Waals surface area contributed by atoms with Gasteiger partial charge in [-0.2, -0.15) is 8.78 Å². The molecule has 1 rings (SSSR count). The van der Waals surface area contributed by atoms with Crippen LogP contribution in [0.15, 0.2) is 11.4 Å². The second kappa shape index (κ2) is 3.46. The summed E-state index contributed by atoms with van der Waals surface area (Å²) in [4.78, 5) is 0. The van der Waals surface area contributed by atoms with Crippen LogP contribution in [0.2, 0.25) is 4.34 Å². The maximum Gasteiger partial charge on any atom is 0.351 e. The largest absolute Gasteiger partial charge is 0.381 e. The number of rotatable bonds is 2. The summed E-state index contributed by atoms with van der Waals surface area (Å²) in [5.41, 5.74) is -0.0401. The molecular weight excluding hydrogens is 229 g/mol. The van der Waals surface area contributed by atoms with Gasteiger partial charge in [-0.25, -0.2) is 0 Å². The molecule has 1 atom stereocenters. The van der Waals surface area contributed by atoms with E-state index in [0.29, 0.717) is 0 Å². The number of aliphatic hydroxyl groups excluding tert-OH is 1. The highest BCUT2D eigenvalue weighted by atomic mass is 35.5. The number of thiophene rings is 1. The van der Waals surface area contributed by atoms with Gasteiger partial charge in [-0.15, -0.1) is 11.3 Å². The maximum atomic E-state index is 12.3. The third-order valence-electron chi connectivity index (χ3n) is 1.25. The third kappa shape index (κ3) is 2.07. The van der Waals surface area contributed by atoms with E-state index in [-0.39, 0.29) is 9.90 Å². The maximum absolute atomic E-state index is 12.3. The quantitative estimate of drug-likeness (QED) is 0.777. The highest BCUT2D eigenvalue weighted by molar-refractivity contribution is 7.14. The smallest absolute Gasteiger partial charge is 0.351 e. The van der Waals surface area contributed by atoms with E-state index in [4.69, 9.17) is 16.7 Å². The minimum atomic E-state index is -3.68. The van der Waals surface area contributed by atoms with Gasteiger partial charge < -0.3 is 5.11 Å². The summed E-state index contributed by atoms with van der Waals surface area (Å²) in [5, 5.41) is 6.79. The molecule has 1 nitrogen and oxygen atoms in total. The predicted molar refractivity (Wildman–Crippen MR) is 45.1 cm³/mol. The Hall–Kier alpha value is 0.1000. The lowest BCUT2D eigenvalue weighted by atomic mass is 10.2. The Kier molecular flexibility index (Phi) is 2.93. The van der Waals surface area contributed by atoms with Crippen LogP contribution in [0, 0.1) is 0 Å². The van der Waals surface area contributed by atoms with Crippen LogP contribution >= 0.6 is 34.5 Å². The first-order chi connectivity index (χ1) is 5.43. The Morgan fingerprint density at radius 3 is 2.50 bits per heavy atom. The molecule has 1 aromatic rings. The van der Waals surface area contributed by atoms with Crippen LogP contribution < -0.4 is 0 Å². The van der Waals surface area contributed by atoms with E-state index in [1.165, 1.54) is 11.4 Å². The molecule has 1 aromatic heterocycles. The van der Waals surface area contributed by atoms with E-state index >= 15 is 0 Å². The highest BCUT2D eigenvalue weighted by Gasteiger charge is 2.38. The van der Waals surface area contributed by atoms with E-state index in [2.05, 4.69) is 11.6 Å². The van der Waals surface area contributed by atoms with Crippen LogP contribution in [0.1, 0.15) is 11.7 Å². The van der Waals surface area contributed by atoms with Crippen LogP contribution in [-0.2, 0) is 0 Å². The van der Waals surface area contributed by atoms with Crippen molar-refractivity contribution in [2.24, 2.45) is 0 Å². The van der Waals surface area contributed by atoms with Crippen LogP contribution in [0.4, 0.5) is 8.78 Å². The van der Waals surface area contributed by atoms with Gasteiger partial charge in [0.2, 0.25) is 0 Å². The van der Waals surface area contributed by atoms with Crippen molar-refractivity contribution in [2.45, 2.75) is 11.5 Å². The van der Waals surface area contributed by atoms with Crippen LogP contribution in [0.5, 0.6) is 0 Å². The van der Waals surface area contributed by atoms with Crippen molar-refractivity contribution in [3.8, 4) is 0 Å². The van der Waals surface area contributed by atoms with E-state index in [9.17, 15) is 8.78 Å². The second-order valence-electron chi connectivity index (χ2n) is 2.09. The highest BCUT2D eigenvalue weighted by Crippen LogP contribution is 2.39. The van der Waals surface area contributed by atoms with Crippen LogP contribution in [0.25, 0.3) is 0 Å². The molecule has 0 saturated carbocycles. The molecule has 68 valence electrons. The molecule has 1 heterocycles. The fraction of sp³-hybridized carbons (Fsp3) is 0.333. The number of alkyl halides is 3. The molecule has 0 aromatic carbocycles. The lowest BCUT2D eigenvalue weighted by Crippen LogP contribution is -2.18. The van der Waals surface area contributed by atoms with E-state index in [0.717, 1.165) is 11.3 Å². The Morgan fingerprint density at radius 2 is 2.17 bits per heavy atom. The zero-order valence-electron chi connectivity index (χ0n) is 5.60. The third-order valence-corrected chi connectivity index (χ3v) is 2.66. The normalized spacial score (nSPS) is 14.8. The first-order valence-corrected chi connectivity index (χ1v) is 4.54. The number of hydrogen-bond donors (Lipinski definition) is 1. The fourth-order valence-electron chi connectivity index (χ4n) is 0.676. The standard InChI is InChI=1S/C6H4Cl2F2OS/c7-5-3(1-2-12-5)4(11)6(8,9)10/h1-2,4,11H. The van der Waals surface area contributed by atoms with Gasteiger partial charge in [0, 0.05) is 5.56 Å². The molecule has 0 bridgehead atoms. The minimum absolute atomic E-state index is 0.0401. The Labute approximate surface area is 81.5 Å². The lowest BCUT2D eigenvalue weighted by molar-refractivity contribution is -0.0422. The van der Waals surface area contributed by atoms with Gasteiger partial charge in [-0.3, -0.25) is 0 Å². The summed E-state index contributed by atoms with van der Waals surface area (Å²) in [7, 11) is 0. The summed E-state index contributed by atoms with van der Waals surface area (Å²) >= 11 is 11.2. The van der Waals surface area contributed by atoms with E-state index < -0.39 is 11.5 Å². The summed E-state index contributed by atoms with van der Waals surface area (Å²) in [6.07, 6.45) is -2.04. The number of aliphatic hydroxyl groups is 1. The average Bonchev–Trinajstić information content (AvgIpc) is 2.31. The molecule has 0 aliphatic rings. The van der Waals surface area contributed by atoms with Gasteiger partial charge in [0.15, 0.2) is 6.10 Å². The molecule has 0 fully saturated rings. The molecule has 1 unspecified atom stereocenters. The van der Waals surface area contributed by atoms with Crippen LogP contribution in [-0.4, -0.2) is 10.5 Å². The zero-order chi connectivity index (χ0) is 9.35. The molecule has 0 spiro atoms. The predicted octanol–water partition coefficient (Wildman–Crippen LogP) is 3.27. The molecule has 12 heavy (non-hydrogen) atoms. The Balaban J connectivity index is 2.92.